The van der Waals surface area contributed by atoms with Crippen LogP contribution in [0.1, 0.15) is 18.4 Å². The number of rotatable bonds is 3. The fraction of sp³-hybridized carbons (Fsp3) is 0.250. The summed E-state index contributed by atoms with van der Waals surface area (Å²) in [5.74, 6) is 0.981. The number of carbonyl (C=O) groups excluding carboxylic acids is 2. The number of benzene rings is 1. The number of amides is 1. The van der Waals surface area contributed by atoms with Gasteiger partial charge in [-0.15, -0.1) is 0 Å². The Labute approximate surface area is 161 Å². The van der Waals surface area contributed by atoms with Gasteiger partial charge in [-0.05, 0) is 31.0 Å². The Hall–Kier alpha value is -2.86. The predicted molar refractivity (Wildman–Crippen MR) is 103 cm³/mol. The van der Waals surface area contributed by atoms with E-state index < -0.39 is 0 Å². The fourth-order valence-electron chi connectivity index (χ4n) is 3.27. The standard InChI is InChI=1S/C20H18ClN3O3/c21-15-2-4-18(22-12-15)24-7-5-13(6-8-24)9-19(25)23-16-3-1-14-10-20(26)27-17(14)11-16/h1-4,9,11-12H,5-8,10H2,(H,23,25). The maximum atomic E-state index is 12.3. The van der Waals surface area contributed by atoms with Crippen LogP contribution >= 0.6 is 11.6 Å². The van der Waals surface area contributed by atoms with Gasteiger partial charge in [-0.1, -0.05) is 23.2 Å². The van der Waals surface area contributed by atoms with Gasteiger partial charge in [0.1, 0.15) is 11.6 Å². The molecule has 0 atom stereocenters. The predicted octanol–water partition coefficient (Wildman–Crippen LogP) is 3.36. The molecule has 2 aliphatic rings. The zero-order valence-corrected chi connectivity index (χ0v) is 15.3. The number of fused-ring (bicyclic) bond motifs is 1. The molecule has 1 aromatic carbocycles. The third kappa shape index (κ3) is 4.11. The lowest BCUT2D eigenvalue weighted by molar-refractivity contribution is -0.131. The van der Waals surface area contributed by atoms with Crippen molar-refractivity contribution >= 4 is 35.0 Å². The Morgan fingerprint density at radius 1 is 1.22 bits per heavy atom. The topological polar surface area (TPSA) is 71.5 Å². The zero-order chi connectivity index (χ0) is 18.8. The maximum absolute atomic E-state index is 12.3. The van der Waals surface area contributed by atoms with E-state index in [4.69, 9.17) is 16.3 Å². The van der Waals surface area contributed by atoms with E-state index in [-0.39, 0.29) is 18.3 Å². The van der Waals surface area contributed by atoms with Gasteiger partial charge in [0.2, 0.25) is 5.91 Å². The van der Waals surface area contributed by atoms with Crippen molar-refractivity contribution in [1.29, 1.82) is 0 Å². The zero-order valence-electron chi connectivity index (χ0n) is 14.6. The van der Waals surface area contributed by atoms with Crippen molar-refractivity contribution in [2.45, 2.75) is 19.3 Å². The van der Waals surface area contributed by atoms with Crippen LogP contribution in [0.3, 0.4) is 0 Å². The van der Waals surface area contributed by atoms with E-state index in [9.17, 15) is 9.59 Å². The quantitative estimate of drug-likeness (QED) is 0.500. The summed E-state index contributed by atoms with van der Waals surface area (Å²) in [6.07, 6.45) is 5.20. The van der Waals surface area contributed by atoms with Gasteiger partial charge in [0, 0.05) is 42.7 Å². The van der Waals surface area contributed by atoms with Crippen LogP contribution in [0.15, 0.2) is 48.2 Å². The van der Waals surface area contributed by atoms with Crippen LogP contribution in [0.5, 0.6) is 5.75 Å². The highest BCUT2D eigenvalue weighted by Gasteiger charge is 2.21. The molecule has 1 saturated heterocycles. The average molecular weight is 384 g/mol. The van der Waals surface area contributed by atoms with Crippen LogP contribution in [-0.2, 0) is 16.0 Å². The van der Waals surface area contributed by atoms with Gasteiger partial charge in [-0.25, -0.2) is 4.98 Å². The van der Waals surface area contributed by atoms with Crippen molar-refractivity contribution in [3.8, 4) is 5.75 Å². The van der Waals surface area contributed by atoms with Crippen LogP contribution in [0, 0.1) is 0 Å². The molecule has 0 aliphatic carbocycles. The summed E-state index contributed by atoms with van der Waals surface area (Å²) in [4.78, 5) is 30.1. The number of ether oxygens (including phenoxy) is 1. The van der Waals surface area contributed by atoms with Gasteiger partial charge < -0.3 is 15.0 Å². The third-order valence-electron chi connectivity index (χ3n) is 4.67. The Bertz CT molecular complexity index is 915. The summed E-state index contributed by atoms with van der Waals surface area (Å²) in [6, 6.07) is 9.01. The van der Waals surface area contributed by atoms with Crippen molar-refractivity contribution in [1.82, 2.24) is 4.98 Å². The summed E-state index contributed by atoms with van der Waals surface area (Å²) in [5.41, 5.74) is 2.57. The first-order chi connectivity index (χ1) is 13.1. The number of esters is 1. The molecule has 1 amide bonds. The van der Waals surface area contributed by atoms with Gasteiger partial charge in [0.25, 0.3) is 0 Å². The molecule has 0 unspecified atom stereocenters. The van der Waals surface area contributed by atoms with E-state index in [1.807, 2.05) is 12.1 Å². The smallest absolute Gasteiger partial charge is 0.315 e. The number of hydrogen-bond acceptors (Lipinski definition) is 5. The first-order valence-electron chi connectivity index (χ1n) is 8.77. The Kier molecular flexibility index (Phi) is 4.81. The molecule has 0 saturated carbocycles. The third-order valence-corrected chi connectivity index (χ3v) is 4.89. The largest absolute Gasteiger partial charge is 0.426 e. The lowest BCUT2D eigenvalue weighted by atomic mass is 10.0. The number of anilines is 2. The number of nitrogens with one attached hydrogen (secondary N) is 1. The van der Waals surface area contributed by atoms with Gasteiger partial charge in [0.15, 0.2) is 0 Å². The molecule has 1 N–H and O–H groups in total. The summed E-state index contributed by atoms with van der Waals surface area (Å²) in [7, 11) is 0. The van der Waals surface area contributed by atoms with Crippen molar-refractivity contribution in [3.05, 3.63) is 58.8 Å². The highest BCUT2D eigenvalue weighted by atomic mass is 35.5. The van der Waals surface area contributed by atoms with Crippen LogP contribution in [0.2, 0.25) is 5.02 Å². The molecule has 0 radical (unpaired) electrons. The van der Waals surface area contributed by atoms with Crippen LogP contribution in [0.25, 0.3) is 0 Å². The number of halogens is 1. The van der Waals surface area contributed by atoms with Gasteiger partial charge in [0.05, 0.1) is 11.4 Å². The number of piperidine rings is 1. The highest BCUT2D eigenvalue weighted by molar-refractivity contribution is 6.30. The molecule has 2 aromatic rings. The summed E-state index contributed by atoms with van der Waals surface area (Å²) < 4.78 is 5.11. The molecule has 2 aliphatic heterocycles. The minimum atomic E-state index is -0.266. The first kappa shape index (κ1) is 17.5. The molecule has 0 bridgehead atoms. The lowest BCUT2D eigenvalue weighted by Gasteiger charge is -2.29. The second-order valence-corrected chi connectivity index (χ2v) is 7.02. The molecule has 0 spiro atoms. The van der Waals surface area contributed by atoms with Gasteiger partial charge in [-0.2, -0.15) is 0 Å². The van der Waals surface area contributed by atoms with Crippen molar-refractivity contribution in [3.63, 3.8) is 0 Å². The van der Waals surface area contributed by atoms with E-state index in [1.165, 1.54) is 0 Å². The summed E-state index contributed by atoms with van der Waals surface area (Å²) in [5, 5.41) is 3.46. The number of aromatic nitrogens is 1. The minimum absolute atomic E-state index is 0.174. The molecule has 3 heterocycles. The number of hydrogen-bond donors (Lipinski definition) is 1. The average Bonchev–Trinajstić information content (AvgIpc) is 3.02. The minimum Gasteiger partial charge on any atom is -0.426 e. The molecule has 138 valence electrons. The van der Waals surface area contributed by atoms with Gasteiger partial charge >= 0.3 is 5.97 Å². The van der Waals surface area contributed by atoms with E-state index >= 15 is 0 Å². The van der Waals surface area contributed by atoms with Crippen LogP contribution in [-0.4, -0.2) is 29.9 Å². The normalized spacial score (nSPS) is 16.0. The van der Waals surface area contributed by atoms with Crippen molar-refractivity contribution in [2.75, 3.05) is 23.3 Å². The monoisotopic (exact) mass is 383 g/mol. The second-order valence-electron chi connectivity index (χ2n) is 6.59. The van der Waals surface area contributed by atoms with E-state index in [0.717, 1.165) is 42.9 Å². The number of carbonyl (C=O) groups is 2. The van der Waals surface area contributed by atoms with Crippen molar-refractivity contribution < 1.29 is 14.3 Å². The first-order valence-corrected chi connectivity index (χ1v) is 9.15. The van der Waals surface area contributed by atoms with Crippen molar-refractivity contribution in [2.24, 2.45) is 0 Å². The summed E-state index contributed by atoms with van der Waals surface area (Å²) in [6.45, 7) is 1.62. The second kappa shape index (κ2) is 7.40. The lowest BCUT2D eigenvalue weighted by Crippen LogP contribution is -2.31. The molecule has 1 aromatic heterocycles. The van der Waals surface area contributed by atoms with E-state index in [2.05, 4.69) is 15.2 Å². The van der Waals surface area contributed by atoms with E-state index in [1.54, 1.807) is 30.5 Å². The van der Waals surface area contributed by atoms with E-state index in [0.29, 0.717) is 16.5 Å². The molecule has 6 nitrogen and oxygen atoms in total. The Morgan fingerprint density at radius 2 is 2.04 bits per heavy atom. The van der Waals surface area contributed by atoms with Crippen LogP contribution in [0.4, 0.5) is 11.5 Å². The number of nitrogens with zero attached hydrogens (tertiary/aromatic N) is 2. The Morgan fingerprint density at radius 3 is 2.78 bits per heavy atom. The molecular formula is C20H18ClN3O3. The Balaban J connectivity index is 1.34. The fourth-order valence-corrected chi connectivity index (χ4v) is 3.39. The molecule has 27 heavy (non-hydrogen) atoms. The molecule has 4 rings (SSSR count). The maximum Gasteiger partial charge on any atom is 0.315 e. The molecular weight excluding hydrogens is 366 g/mol. The molecule has 7 heteroatoms. The summed E-state index contributed by atoms with van der Waals surface area (Å²) >= 11 is 5.88. The highest BCUT2D eigenvalue weighted by Crippen LogP contribution is 2.29. The number of pyridine rings is 1. The molecule has 1 fully saturated rings. The van der Waals surface area contributed by atoms with Crippen LogP contribution < -0.4 is 15.0 Å². The SMILES string of the molecule is O=C(C=C1CCN(c2ccc(Cl)cn2)CC1)Nc1ccc2c(c1)OC(=O)C2. The van der Waals surface area contributed by atoms with Gasteiger partial charge in [-0.3, -0.25) is 9.59 Å².